The number of nitrogens with zero attached hydrogens (tertiary/aromatic N) is 2. The van der Waals surface area contributed by atoms with E-state index in [2.05, 4.69) is 15.7 Å². The molecule has 1 aromatic carbocycles. The number of carbonyl (C=O) groups excluding carboxylic acids is 2. The van der Waals surface area contributed by atoms with Crippen LogP contribution in [0, 0.1) is 0 Å². The Bertz CT molecular complexity index is 828. The Morgan fingerprint density at radius 2 is 1.92 bits per heavy atom. The largest absolute Gasteiger partial charge is 0.353 e. The summed E-state index contributed by atoms with van der Waals surface area (Å²) in [7, 11) is 0. The zero-order chi connectivity index (χ0) is 17.5. The van der Waals surface area contributed by atoms with Crippen LogP contribution in [-0.4, -0.2) is 34.7 Å². The van der Waals surface area contributed by atoms with E-state index in [0.717, 1.165) is 11.3 Å². The van der Waals surface area contributed by atoms with Crippen molar-refractivity contribution in [2.24, 2.45) is 0 Å². The standard InChI is InChI=1S/C18H18N4O2S/c23-17(12-20-18(24)14-4-2-1-3-5-14)19-8-10-22-9-6-16(21-22)15-7-11-25-13-15/h1-7,9,11,13H,8,10,12H2,(H,19,23)(H,20,24). The minimum Gasteiger partial charge on any atom is -0.353 e. The number of hydrogen-bond acceptors (Lipinski definition) is 4. The van der Waals surface area contributed by atoms with Gasteiger partial charge in [-0.2, -0.15) is 16.4 Å². The molecule has 0 aliphatic rings. The first-order valence-corrected chi connectivity index (χ1v) is 8.82. The highest BCUT2D eigenvalue weighted by molar-refractivity contribution is 7.08. The normalized spacial score (nSPS) is 10.4. The van der Waals surface area contributed by atoms with E-state index in [4.69, 9.17) is 0 Å². The van der Waals surface area contributed by atoms with Gasteiger partial charge < -0.3 is 10.6 Å². The van der Waals surface area contributed by atoms with E-state index in [1.807, 2.05) is 35.2 Å². The van der Waals surface area contributed by atoms with Gasteiger partial charge in [0.05, 0.1) is 18.8 Å². The molecule has 0 bridgehead atoms. The molecule has 0 fully saturated rings. The topological polar surface area (TPSA) is 76.0 Å². The molecule has 128 valence electrons. The maximum Gasteiger partial charge on any atom is 0.251 e. The van der Waals surface area contributed by atoms with Gasteiger partial charge in [-0.15, -0.1) is 0 Å². The predicted molar refractivity (Wildman–Crippen MR) is 97.3 cm³/mol. The molecule has 3 rings (SSSR count). The average Bonchev–Trinajstić information content (AvgIpc) is 3.32. The summed E-state index contributed by atoms with van der Waals surface area (Å²) >= 11 is 1.63. The molecule has 2 amide bonds. The molecule has 2 heterocycles. The van der Waals surface area contributed by atoms with E-state index in [9.17, 15) is 9.59 Å². The van der Waals surface area contributed by atoms with Crippen LogP contribution in [0.4, 0.5) is 0 Å². The second-order valence-electron chi connectivity index (χ2n) is 5.37. The van der Waals surface area contributed by atoms with E-state index in [1.165, 1.54) is 0 Å². The summed E-state index contributed by atoms with van der Waals surface area (Å²) in [4.78, 5) is 23.7. The Kier molecular flexibility index (Phi) is 5.58. The van der Waals surface area contributed by atoms with Crippen LogP contribution in [0.1, 0.15) is 10.4 Å². The van der Waals surface area contributed by atoms with Crippen molar-refractivity contribution in [3.05, 3.63) is 65.0 Å². The Labute approximate surface area is 149 Å². The van der Waals surface area contributed by atoms with Crippen LogP contribution in [0.5, 0.6) is 0 Å². The fourth-order valence-corrected chi connectivity index (χ4v) is 2.92. The molecule has 0 radical (unpaired) electrons. The van der Waals surface area contributed by atoms with Gasteiger partial charge in [-0.1, -0.05) is 18.2 Å². The summed E-state index contributed by atoms with van der Waals surface area (Å²) < 4.78 is 1.79. The third-order valence-electron chi connectivity index (χ3n) is 3.57. The molecule has 0 aliphatic heterocycles. The van der Waals surface area contributed by atoms with Gasteiger partial charge >= 0.3 is 0 Å². The van der Waals surface area contributed by atoms with Crippen LogP contribution in [0.2, 0.25) is 0 Å². The van der Waals surface area contributed by atoms with Gasteiger partial charge in [0, 0.05) is 29.2 Å². The lowest BCUT2D eigenvalue weighted by atomic mass is 10.2. The minimum absolute atomic E-state index is 0.0486. The van der Waals surface area contributed by atoms with E-state index in [1.54, 1.807) is 40.3 Å². The van der Waals surface area contributed by atoms with Gasteiger partial charge in [-0.05, 0) is 29.6 Å². The summed E-state index contributed by atoms with van der Waals surface area (Å²) in [6.45, 7) is 0.973. The number of amides is 2. The lowest BCUT2D eigenvalue weighted by Crippen LogP contribution is -2.38. The maximum atomic E-state index is 11.9. The van der Waals surface area contributed by atoms with Crippen molar-refractivity contribution in [2.45, 2.75) is 6.54 Å². The monoisotopic (exact) mass is 354 g/mol. The van der Waals surface area contributed by atoms with E-state index < -0.39 is 0 Å². The molecule has 2 N–H and O–H groups in total. The van der Waals surface area contributed by atoms with Crippen molar-refractivity contribution in [1.29, 1.82) is 0 Å². The van der Waals surface area contributed by atoms with Crippen molar-refractivity contribution >= 4 is 23.2 Å². The molecule has 7 heteroatoms. The summed E-state index contributed by atoms with van der Waals surface area (Å²) in [6, 6.07) is 12.8. The van der Waals surface area contributed by atoms with E-state index >= 15 is 0 Å². The lowest BCUT2D eigenvalue weighted by molar-refractivity contribution is -0.120. The highest BCUT2D eigenvalue weighted by Gasteiger charge is 2.07. The smallest absolute Gasteiger partial charge is 0.251 e. The first-order chi connectivity index (χ1) is 12.2. The van der Waals surface area contributed by atoms with Crippen LogP contribution in [0.25, 0.3) is 11.3 Å². The number of thiophene rings is 1. The average molecular weight is 354 g/mol. The molecule has 0 unspecified atom stereocenters. The fourth-order valence-electron chi connectivity index (χ4n) is 2.27. The molecule has 6 nitrogen and oxygen atoms in total. The van der Waals surface area contributed by atoms with Crippen molar-refractivity contribution in [1.82, 2.24) is 20.4 Å². The fraction of sp³-hybridized carbons (Fsp3) is 0.167. The maximum absolute atomic E-state index is 11.9. The van der Waals surface area contributed by atoms with Crippen LogP contribution < -0.4 is 10.6 Å². The summed E-state index contributed by atoms with van der Waals surface area (Å²) in [5, 5.41) is 13.9. The van der Waals surface area contributed by atoms with E-state index in [0.29, 0.717) is 18.7 Å². The van der Waals surface area contributed by atoms with Crippen LogP contribution in [0.3, 0.4) is 0 Å². The van der Waals surface area contributed by atoms with Gasteiger partial charge in [0.2, 0.25) is 5.91 Å². The molecular weight excluding hydrogens is 336 g/mol. The third kappa shape index (κ3) is 4.77. The first kappa shape index (κ1) is 16.9. The van der Waals surface area contributed by atoms with Crippen LogP contribution >= 0.6 is 11.3 Å². The highest BCUT2D eigenvalue weighted by Crippen LogP contribution is 2.19. The van der Waals surface area contributed by atoms with Gasteiger partial charge in [-0.25, -0.2) is 0 Å². The molecule has 2 aromatic heterocycles. The number of benzene rings is 1. The molecular formula is C18H18N4O2S. The van der Waals surface area contributed by atoms with Gasteiger partial charge in [-0.3, -0.25) is 14.3 Å². The highest BCUT2D eigenvalue weighted by atomic mass is 32.1. The van der Waals surface area contributed by atoms with Crippen molar-refractivity contribution in [3.8, 4) is 11.3 Å². The first-order valence-electron chi connectivity index (χ1n) is 7.88. The number of rotatable bonds is 7. The molecule has 25 heavy (non-hydrogen) atoms. The molecule has 0 atom stereocenters. The van der Waals surface area contributed by atoms with Gasteiger partial charge in [0.15, 0.2) is 0 Å². The quantitative estimate of drug-likeness (QED) is 0.683. The van der Waals surface area contributed by atoms with Gasteiger partial charge in [0.1, 0.15) is 0 Å². The number of carbonyl (C=O) groups is 2. The van der Waals surface area contributed by atoms with Crippen molar-refractivity contribution in [3.63, 3.8) is 0 Å². The van der Waals surface area contributed by atoms with Crippen molar-refractivity contribution in [2.75, 3.05) is 13.1 Å². The Hall–Kier alpha value is -2.93. The zero-order valence-electron chi connectivity index (χ0n) is 13.5. The van der Waals surface area contributed by atoms with Gasteiger partial charge in [0.25, 0.3) is 5.91 Å². The molecule has 3 aromatic rings. The SMILES string of the molecule is O=C(CNC(=O)c1ccccc1)NCCn1ccc(-c2ccsc2)n1. The molecule has 0 aliphatic carbocycles. The predicted octanol–water partition coefficient (Wildman–Crippen LogP) is 2.16. The number of aromatic nitrogens is 2. The molecule has 0 saturated carbocycles. The van der Waals surface area contributed by atoms with Crippen molar-refractivity contribution < 1.29 is 9.59 Å². The number of hydrogen-bond donors (Lipinski definition) is 2. The molecule has 0 spiro atoms. The third-order valence-corrected chi connectivity index (χ3v) is 4.25. The summed E-state index contributed by atoms with van der Waals surface area (Å²) in [5.41, 5.74) is 2.55. The molecule has 0 saturated heterocycles. The minimum atomic E-state index is -0.261. The Balaban J connectivity index is 1.39. The second-order valence-corrected chi connectivity index (χ2v) is 6.15. The summed E-state index contributed by atoms with van der Waals surface area (Å²) in [5.74, 6) is -0.488. The zero-order valence-corrected chi connectivity index (χ0v) is 14.3. The van der Waals surface area contributed by atoms with E-state index in [-0.39, 0.29) is 18.4 Å². The number of nitrogens with one attached hydrogen (secondary N) is 2. The van der Waals surface area contributed by atoms with Crippen LogP contribution in [-0.2, 0) is 11.3 Å². The Morgan fingerprint density at radius 3 is 2.68 bits per heavy atom. The summed E-state index contributed by atoms with van der Waals surface area (Å²) in [6.07, 6.45) is 1.89. The Morgan fingerprint density at radius 1 is 1.08 bits per heavy atom. The lowest BCUT2D eigenvalue weighted by Gasteiger charge is -2.07. The van der Waals surface area contributed by atoms with Crippen LogP contribution in [0.15, 0.2) is 59.4 Å². The second kappa shape index (κ2) is 8.25.